The fourth-order valence-electron chi connectivity index (χ4n) is 7.14. The van der Waals surface area contributed by atoms with Gasteiger partial charge in [0.05, 0.1) is 25.2 Å². The van der Waals surface area contributed by atoms with E-state index in [4.69, 9.17) is 4.74 Å². The van der Waals surface area contributed by atoms with Crippen LogP contribution in [0.15, 0.2) is 60.8 Å². The molecule has 0 aromatic rings. The zero-order valence-corrected chi connectivity index (χ0v) is 38.2. The van der Waals surface area contributed by atoms with E-state index in [0.717, 1.165) is 96.3 Å². The summed E-state index contributed by atoms with van der Waals surface area (Å²) >= 11 is 0. The van der Waals surface area contributed by atoms with E-state index < -0.39 is 18.2 Å². The lowest BCUT2D eigenvalue weighted by Gasteiger charge is -2.24. The summed E-state index contributed by atoms with van der Waals surface area (Å²) < 4.78 is 5.89. The number of rotatable bonds is 43. The van der Waals surface area contributed by atoms with Gasteiger partial charge in [-0.15, -0.1) is 0 Å². The summed E-state index contributed by atoms with van der Waals surface area (Å²) in [4.78, 5) is 26.0. The summed E-state index contributed by atoms with van der Waals surface area (Å²) in [5.74, 6) is -0.519. The number of unbranched alkanes of at least 4 members (excludes halogenated alkanes) is 24. The Balaban J connectivity index is 4.59. The lowest BCUT2D eigenvalue weighted by atomic mass is 10.0. The number of allylic oxidation sites excluding steroid dienone is 10. The summed E-state index contributed by atoms with van der Waals surface area (Å²) in [5.41, 5.74) is 0. The summed E-state index contributed by atoms with van der Waals surface area (Å²) in [6.07, 6.45) is 55.6. The molecule has 3 N–H and O–H groups in total. The van der Waals surface area contributed by atoms with E-state index in [0.29, 0.717) is 19.3 Å². The number of nitrogens with one attached hydrogen (secondary N) is 1. The Morgan fingerprint density at radius 3 is 1.43 bits per heavy atom. The number of carbonyl (C=O) groups is 2. The SMILES string of the molecule is CCCCC/C=C\CCCCCC(CC(=O)NC(CO)C(O)CCCCCCCCCCCCC)OC(=O)CCCCCCC/C=C/C=C/C=C/C=C/CCCCC. The predicted octanol–water partition coefficient (Wildman–Crippen LogP) is 14.5. The minimum Gasteiger partial charge on any atom is -0.462 e. The maximum Gasteiger partial charge on any atom is 0.306 e. The van der Waals surface area contributed by atoms with Crippen LogP contribution in [0.4, 0.5) is 0 Å². The molecule has 336 valence electrons. The average molecular weight is 812 g/mol. The van der Waals surface area contributed by atoms with Crippen LogP contribution in [-0.4, -0.2) is 46.9 Å². The molecule has 0 heterocycles. The van der Waals surface area contributed by atoms with Crippen molar-refractivity contribution in [2.45, 2.75) is 251 Å². The van der Waals surface area contributed by atoms with Crippen molar-refractivity contribution in [1.29, 1.82) is 0 Å². The van der Waals surface area contributed by atoms with Crippen LogP contribution in [-0.2, 0) is 14.3 Å². The maximum atomic E-state index is 13.1. The highest BCUT2D eigenvalue weighted by Gasteiger charge is 2.24. The summed E-state index contributed by atoms with van der Waals surface area (Å²) in [6, 6.07) is -0.711. The third-order valence-electron chi connectivity index (χ3n) is 10.9. The molecule has 0 aromatic carbocycles. The van der Waals surface area contributed by atoms with Gasteiger partial charge in [-0.05, 0) is 77.0 Å². The van der Waals surface area contributed by atoms with Gasteiger partial charge in [0, 0.05) is 6.42 Å². The molecule has 6 nitrogen and oxygen atoms in total. The van der Waals surface area contributed by atoms with Crippen LogP contribution in [0, 0.1) is 0 Å². The van der Waals surface area contributed by atoms with Gasteiger partial charge < -0.3 is 20.3 Å². The minimum absolute atomic E-state index is 0.0555. The van der Waals surface area contributed by atoms with Crippen molar-refractivity contribution in [3.8, 4) is 0 Å². The second-order valence-corrected chi connectivity index (χ2v) is 16.6. The Hall–Kier alpha value is -2.44. The molecule has 0 saturated heterocycles. The third-order valence-corrected chi connectivity index (χ3v) is 10.9. The molecule has 0 radical (unpaired) electrons. The Labute approximate surface area is 358 Å². The Morgan fingerprint density at radius 2 is 0.897 bits per heavy atom. The highest BCUT2D eigenvalue weighted by atomic mass is 16.5. The van der Waals surface area contributed by atoms with Gasteiger partial charge in [0.25, 0.3) is 0 Å². The first-order valence-electron chi connectivity index (χ1n) is 24.6. The summed E-state index contributed by atoms with van der Waals surface area (Å²) in [7, 11) is 0. The van der Waals surface area contributed by atoms with Crippen LogP contribution in [0.1, 0.15) is 233 Å². The zero-order valence-electron chi connectivity index (χ0n) is 38.2. The lowest BCUT2D eigenvalue weighted by molar-refractivity contribution is -0.151. The first-order chi connectivity index (χ1) is 28.5. The molecule has 0 bridgehead atoms. The van der Waals surface area contributed by atoms with Gasteiger partial charge in [0.15, 0.2) is 0 Å². The molecule has 0 rings (SSSR count). The molecule has 6 heteroatoms. The Kier molecular flexibility index (Phi) is 43.7. The van der Waals surface area contributed by atoms with Crippen LogP contribution in [0.3, 0.4) is 0 Å². The number of aliphatic hydroxyl groups excluding tert-OH is 2. The number of ether oxygens (including phenoxy) is 1. The van der Waals surface area contributed by atoms with Crippen molar-refractivity contribution in [3.63, 3.8) is 0 Å². The standard InChI is InChI=1S/C52H93NO5/c1-4-7-10-13-16-19-22-23-24-25-26-27-28-30-33-36-39-42-45-52(57)58-48(43-40-37-34-31-21-18-15-12-9-6-3)46-51(56)53-49(47-54)50(55)44-41-38-35-32-29-20-17-14-11-8-5-2/h16,18-19,21-27,48-50,54-55H,4-15,17,20,28-47H2,1-3H3,(H,53,56)/b19-16+,21-18-,23-22+,25-24+,27-26+. The van der Waals surface area contributed by atoms with Gasteiger partial charge in [-0.1, -0.05) is 204 Å². The van der Waals surface area contributed by atoms with Crippen LogP contribution in [0.2, 0.25) is 0 Å². The molecule has 0 aliphatic rings. The van der Waals surface area contributed by atoms with Gasteiger partial charge in [0.1, 0.15) is 6.10 Å². The molecule has 3 atom stereocenters. The third kappa shape index (κ3) is 40.3. The molecule has 3 unspecified atom stereocenters. The molecule has 0 aliphatic carbocycles. The second-order valence-electron chi connectivity index (χ2n) is 16.6. The number of carbonyl (C=O) groups excluding carboxylic acids is 2. The van der Waals surface area contributed by atoms with Crippen molar-refractivity contribution in [2.75, 3.05) is 6.61 Å². The van der Waals surface area contributed by atoms with Crippen LogP contribution in [0.5, 0.6) is 0 Å². The van der Waals surface area contributed by atoms with Gasteiger partial charge in [-0.3, -0.25) is 9.59 Å². The number of hydrogen-bond acceptors (Lipinski definition) is 5. The van der Waals surface area contributed by atoms with E-state index in [9.17, 15) is 19.8 Å². The van der Waals surface area contributed by atoms with Gasteiger partial charge in [0.2, 0.25) is 5.91 Å². The fourth-order valence-corrected chi connectivity index (χ4v) is 7.14. The topological polar surface area (TPSA) is 95.9 Å². The van der Waals surface area contributed by atoms with Crippen molar-refractivity contribution in [3.05, 3.63) is 60.8 Å². The number of esters is 1. The molecule has 0 spiro atoms. The average Bonchev–Trinajstić information content (AvgIpc) is 3.22. The van der Waals surface area contributed by atoms with E-state index in [-0.39, 0.29) is 24.9 Å². The van der Waals surface area contributed by atoms with Crippen LogP contribution < -0.4 is 5.32 Å². The number of aliphatic hydroxyl groups is 2. The largest absolute Gasteiger partial charge is 0.462 e. The van der Waals surface area contributed by atoms with Crippen molar-refractivity contribution in [2.24, 2.45) is 0 Å². The Morgan fingerprint density at radius 1 is 0.500 bits per heavy atom. The summed E-state index contributed by atoms with van der Waals surface area (Å²) in [6.45, 7) is 6.39. The fraction of sp³-hybridized carbons (Fsp3) is 0.769. The van der Waals surface area contributed by atoms with E-state index in [1.165, 1.54) is 89.9 Å². The molecule has 0 fully saturated rings. The van der Waals surface area contributed by atoms with E-state index in [2.05, 4.69) is 86.8 Å². The van der Waals surface area contributed by atoms with Gasteiger partial charge in [-0.25, -0.2) is 0 Å². The van der Waals surface area contributed by atoms with Crippen molar-refractivity contribution in [1.82, 2.24) is 5.32 Å². The molecule has 0 saturated carbocycles. The second kappa shape index (κ2) is 45.6. The highest BCUT2D eigenvalue weighted by Crippen LogP contribution is 2.17. The zero-order chi connectivity index (χ0) is 42.4. The van der Waals surface area contributed by atoms with Crippen molar-refractivity contribution >= 4 is 11.9 Å². The lowest BCUT2D eigenvalue weighted by Crippen LogP contribution is -2.46. The normalized spacial score (nSPS) is 13.8. The van der Waals surface area contributed by atoms with E-state index in [1.807, 2.05) is 0 Å². The molecule has 0 aromatic heterocycles. The molecular weight excluding hydrogens is 719 g/mol. The molecular formula is C52H93NO5. The molecule has 1 amide bonds. The van der Waals surface area contributed by atoms with Crippen LogP contribution >= 0.6 is 0 Å². The van der Waals surface area contributed by atoms with E-state index >= 15 is 0 Å². The van der Waals surface area contributed by atoms with Gasteiger partial charge in [-0.2, -0.15) is 0 Å². The first kappa shape index (κ1) is 55.6. The molecule has 58 heavy (non-hydrogen) atoms. The Bertz CT molecular complexity index is 1050. The number of amides is 1. The number of hydrogen-bond donors (Lipinski definition) is 3. The quantitative estimate of drug-likeness (QED) is 0.0247. The van der Waals surface area contributed by atoms with E-state index in [1.54, 1.807) is 0 Å². The maximum absolute atomic E-state index is 13.1. The van der Waals surface area contributed by atoms with Crippen LogP contribution in [0.25, 0.3) is 0 Å². The molecule has 0 aliphatic heterocycles. The predicted molar refractivity (Wildman–Crippen MR) is 250 cm³/mol. The smallest absolute Gasteiger partial charge is 0.306 e. The first-order valence-corrected chi connectivity index (χ1v) is 24.6. The monoisotopic (exact) mass is 812 g/mol. The summed E-state index contributed by atoms with van der Waals surface area (Å²) in [5, 5.41) is 23.7. The minimum atomic E-state index is -0.795. The van der Waals surface area contributed by atoms with Gasteiger partial charge >= 0.3 is 5.97 Å². The van der Waals surface area contributed by atoms with Crippen molar-refractivity contribution < 1.29 is 24.5 Å². The highest BCUT2D eigenvalue weighted by molar-refractivity contribution is 5.77.